The van der Waals surface area contributed by atoms with Gasteiger partial charge in [0.15, 0.2) is 0 Å². The van der Waals surface area contributed by atoms with Gasteiger partial charge in [-0.25, -0.2) is 0 Å². The summed E-state index contributed by atoms with van der Waals surface area (Å²) < 4.78 is 5.44. The van der Waals surface area contributed by atoms with Gasteiger partial charge in [0.1, 0.15) is 5.75 Å². The Morgan fingerprint density at radius 3 is 2.50 bits per heavy atom. The van der Waals surface area contributed by atoms with Crippen molar-refractivity contribution in [3.8, 4) is 5.75 Å². The Bertz CT molecular complexity index is 216. The third-order valence-corrected chi connectivity index (χ3v) is 2.28. The highest BCUT2D eigenvalue weighted by atomic mass is 32.1. The van der Waals surface area contributed by atoms with Gasteiger partial charge in [-0.1, -0.05) is 25.5 Å². The number of hydrogen-bond acceptors (Lipinski definition) is 2. The molecule has 0 aliphatic rings. The molecule has 0 heterocycles. The smallest absolute Gasteiger partial charge is 0.119 e. The average Bonchev–Trinajstić information content (AvgIpc) is 2.25. The lowest BCUT2D eigenvalue weighted by atomic mass is 10.1. The van der Waals surface area contributed by atoms with Gasteiger partial charge in [-0.2, -0.15) is 12.6 Å². The fourth-order valence-electron chi connectivity index (χ4n) is 1.30. The summed E-state index contributed by atoms with van der Waals surface area (Å²) in [4.78, 5) is 0. The zero-order valence-electron chi connectivity index (χ0n) is 8.70. The van der Waals surface area contributed by atoms with E-state index in [9.17, 15) is 0 Å². The maximum absolute atomic E-state index is 5.44. The second-order valence-corrected chi connectivity index (χ2v) is 3.77. The average molecular weight is 210 g/mol. The summed E-state index contributed by atoms with van der Waals surface area (Å²) in [5.74, 6) is 1.71. The van der Waals surface area contributed by atoms with Crippen LogP contribution in [-0.2, 0) is 6.42 Å². The number of rotatable bonds is 6. The van der Waals surface area contributed by atoms with Gasteiger partial charge in [0.05, 0.1) is 6.61 Å². The second-order valence-electron chi connectivity index (χ2n) is 3.32. The van der Waals surface area contributed by atoms with Crippen molar-refractivity contribution >= 4 is 12.6 Å². The number of unbranched alkanes of at least 4 members (excludes halogenated alkanes) is 1. The van der Waals surface area contributed by atoms with E-state index in [4.69, 9.17) is 4.74 Å². The van der Waals surface area contributed by atoms with Crippen LogP contribution in [-0.4, -0.2) is 12.4 Å². The molecule has 0 N–H and O–H groups in total. The molecule has 14 heavy (non-hydrogen) atoms. The maximum Gasteiger partial charge on any atom is 0.119 e. The lowest BCUT2D eigenvalue weighted by molar-refractivity contribution is 0.344. The summed E-state index contributed by atoms with van der Waals surface area (Å²) in [6.07, 6.45) is 3.68. The molecule has 1 nitrogen and oxygen atoms in total. The van der Waals surface area contributed by atoms with E-state index in [0.717, 1.165) is 11.5 Å². The Hall–Kier alpha value is -0.630. The van der Waals surface area contributed by atoms with Gasteiger partial charge in [0.25, 0.3) is 0 Å². The lowest BCUT2D eigenvalue weighted by Gasteiger charge is -2.05. The van der Waals surface area contributed by atoms with E-state index in [0.29, 0.717) is 6.61 Å². The van der Waals surface area contributed by atoms with E-state index >= 15 is 0 Å². The fourth-order valence-corrected chi connectivity index (χ4v) is 1.39. The van der Waals surface area contributed by atoms with E-state index < -0.39 is 0 Å². The Morgan fingerprint density at radius 2 is 1.93 bits per heavy atom. The Balaban J connectivity index is 2.42. The van der Waals surface area contributed by atoms with Gasteiger partial charge >= 0.3 is 0 Å². The Kier molecular flexibility index (Phi) is 5.53. The minimum absolute atomic E-state index is 0.678. The maximum atomic E-state index is 5.44. The van der Waals surface area contributed by atoms with E-state index in [1.165, 1.54) is 24.8 Å². The molecule has 0 spiro atoms. The first-order valence-electron chi connectivity index (χ1n) is 5.19. The van der Waals surface area contributed by atoms with Crippen molar-refractivity contribution in [1.29, 1.82) is 0 Å². The topological polar surface area (TPSA) is 9.23 Å². The van der Waals surface area contributed by atoms with E-state index in [1.54, 1.807) is 0 Å². The number of ether oxygens (including phenoxy) is 1. The van der Waals surface area contributed by atoms with Crippen LogP contribution in [0.5, 0.6) is 5.75 Å². The first-order valence-corrected chi connectivity index (χ1v) is 5.82. The fraction of sp³-hybridized carbons (Fsp3) is 0.500. The van der Waals surface area contributed by atoms with E-state index in [-0.39, 0.29) is 0 Å². The molecule has 0 aliphatic carbocycles. The molecule has 0 saturated heterocycles. The van der Waals surface area contributed by atoms with Crippen LogP contribution in [0.15, 0.2) is 24.3 Å². The van der Waals surface area contributed by atoms with E-state index in [2.05, 4.69) is 31.7 Å². The summed E-state index contributed by atoms with van der Waals surface area (Å²) in [6.45, 7) is 2.89. The Labute approximate surface area is 91.9 Å². The van der Waals surface area contributed by atoms with Crippen molar-refractivity contribution in [3.05, 3.63) is 29.8 Å². The van der Waals surface area contributed by atoms with Crippen LogP contribution in [0.1, 0.15) is 25.3 Å². The normalized spacial score (nSPS) is 10.1. The van der Waals surface area contributed by atoms with Crippen molar-refractivity contribution in [3.63, 3.8) is 0 Å². The van der Waals surface area contributed by atoms with Gasteiger partial charge in [-0.05, 0) is 30.5 Å². The predicted molar refractivity (Wildman–Crippen MR) is 64.4 cm³/mol. The highest BCUT2D eigenvalue weighted by Crippen LogP contribution is 2.13. The third kappa shape index (κ3) is 4.05. The highest BCUT2D eigenvalue weighted by molar-refractivity contribution is 7.80. The minimum Gasteiger partial charge on any atom is -0.493 e. The number of thiol groups is 1. The SMILES string of the molecule is CCCCc1ccc(OCCS)cc1. The molecule has 0 bridgehead atoms. The molecule has 2 heteroatoms. The zero-order valence-corrected chi connectivity index (χ0v) is 9.59. The first-order chi connectivity index (χ1) is 6.86. The number of aryl methyl sites for hydroxylation is 1. The van der Waals surface area contributed by atoms with Crippen molar-refractivity contribution in [2.75, 3.05) is 12.4 Å². The molecule has 1 aromatic rings. The summed E-state index contributed by atoms with van der Waals surface area (Å²) in [7, 11) is 0. The molecule has 1 rings (SSSR count). The summed E-state index contributed by atoms with van der Waals surface area (Å²) in [6, 6.07) is 8.36. The van der Waals surface area contributed by atoms with E-state index in [1.807, 2.05) is 12.1 Å². The summed E-state index contributed by atoms with van der Waals surface area (Å²) in [5, 5.41) is 0. The standard InChI is InChI=1S/C12H18OS/c1-2-3-4-11-5-7-12(8-6-11)13-9-10-14/h5-8,14H,2-4,9-10H2,1H3. The lowest BCUT2D eigenvalue weighted by Crippen LogP contribution is -1.97. The summed E-state index contributed by atoms with van der Waals surface area (Å²) >= 11 is 4.09. The molecule has 78 valence electrons. The van der Waals surface area contributed by atoms with Gasteiger partial charge in [0.2, 0.25) is 0 Å². The molecular weight excluding hydrogens is 192 g/mol. The number of benzene rings is 1. The highest BCUT2D eigenvalue weighted by Gasteiger charge is 1.94. The van der Waals surface area contributed by atoms with Gasteiger partial charge in [-0.3, -0.25) is 0 Å². The molecule has 0 amide bonds. The molecule has 0 unspecified atom stereocenters. The molecule has 0 saturated carbocycles. The van der Waals surface area contributed by atoms with Crippen molar-refractivity contribution in [1.82, 2.24) is 0 Å². The Morgan fingerprint density at radius 1 is 1.21 bits per heavy atom. The van der Waals surface area contributed by atoms with Gasteiger partial charge in [-0.15, -0.1) is 0 Å². The predicted octanol–water partition coefficient (Wildman–Crippen LogP) is 3.34. The van der Waals surface area contributed by atoms with Crippen LogP contribution < -0.4 is 4.74 Å². The van der Waals surface area contributed by atoms with Crippen molar-refractivity contribution in [2.24, 2.45) is 0 Å². The molecule has 0 atom stereocenters. The largest absolute Gasteiger partial charge is 0.493 e. The van der Waals surface area contributed by atoms with Crippen molar-refractivity contribution in [2.45, 2.75) is 26.2 Å². The second kappa shape index (κ2) is 6.77. The zero-order chi connectivity index (χ0) is 10.2. The van der Waals surface area contributed by atoms with Crippen LogP contribution in [0.3, 0.4) is 0 Å². The van der Waals surface area contributed by atoms with Gasteiger partial charge < -0.3 is 4.74 Å². The van der Waals surface area contributed by atoms with Crippen LogP contribution in [0.4, 0.5) is 0 Å². The van der Waals surface area contributed by atoms with Crippen molar-refractivity contribution < 1.29 is 4.74 Å². The minimum atomic E-state index is 0.678. The summed E-state index contributed by atoms with van der Waals surface area (Å²) in [5.41, 5.74) is 1.39. The first kappa shape index (κ1) is 11.4. The van der Waals surface area contributed by atoms with Crippen LogP contribution in [0.2, 0.25) is 0 Å². The van der Waals surface area contributed by atoms with Crippen LogP contribution in [0, 0.1) is 0 Å². The molecule has 0 radical (unpaired) electrons. The van der Waals surface area contributed by atoms with Crippen LogP contribution in [0.25, 0.3) is 0 Å². The quantitative estimate of drug-likeness (QED) is 0.709. The molecule has 0 aromatic heterocycles. The number of hydrogen-bond donors (Lipinski definition) is 1. The molecule has 1 aromatic carbocycles. The van der Waals surface area contributed by atoms with Crippen LogP contribution >= 0.6 is 12.6 Å². The molecule has 0 fully saturated rings. The monoisotopic (exact) mass is 210 g/mol. The third-order valence-electron chi connectivity index (χ3n) is 2.10. The van der Waals surface area contributed by atoms with Gasteiger partial charge in [0, 0.05) is 5.75 Å². The molecular formula is C12H18OS. The molecule has 0 aliphatic heterocycles.